The summed E-state index contributed by atoms with van der Waals surface area (Å²) in [5, 5.41) is -1.79. The molecule has 0 saturated heterocycles. The zero-order chi connectivity index (χ0) is 20.0. The molecule has 0 spiro atoms. The van der Waals surface area contributed by atoms with E-state index in [9.17, 15) is 19.1 Å². The van der Waals surface area contributed by atoms with Crippen LogP contribution in [0.5, 0.6) is 5.75 Å². The highest BCUT2D eigenvalue weighted by Crippen LogP contribution is 2.52. The summed E-state index contributed by atoms with van der Waals surface area (Å²) in [4.78, 5) is 32.1. The SMILES string of the molecule is COc1c(C(C)(C)C)cc(C(=O)C(C)(C)P(=O)(O)O)cc1C(C)(C)C. The first kappa shape index (κ1) is 21.9. The number of carbonyl (C=O) groups is 1. The molecule has 1 aromatic carbocycles. The molecule has 0 aliphatic rings. The predicted molar refractivity (Wildman–Crippen MR) is 101 cm³/mol. The molecule has 0 radical (unpaired) electrons. The van der Waals surface area contributed by atoms with Gasteiger partial charge in [0.15, 0.2) is 5.78 Å². The molecule has 0 heterocycles. The van der Waals surface area contributed by atoms with Gasteiger partial charge in [-0.1, -0.05) is 41.5 Å². The van der Waals surface area contributed by atoms with Gasteiger partial charge >= 0.3 is 7.60 Å². The molecule has 25 heavy (non-hydrogen) atoms. The van der Waals surface area contributed by atoms with Crippen LogP contribution in [0, 0.1) is 0 Å². The van der Waals surface area contributed by atoms with Crippen LogP contribution >= 0.6 is 7.60 Å². The third-order valence-electron chi connectivity index (χ3n) is 4.46. The molecule has 1 rings (SSSR count). The fourth-order valence-corrected chi connectivity index (χ4v) is 2.97. The Morgan fingerprint density at radius 1 is 0.920 bits per heavy atom. The Kier molecular flexibility index (Phi) is 5.72. The van der Waals surface area contributed by atoms with Gasteiger partial charge in [0.25, 0.3) is 0 Å². The third kappa shape index (κ3) is 4.33. The zero-order valence-corrected chi connectivity index (χ0v) is 17.6. The van der Waals surface area contributed by atoms with Crippen molar-refractivity contribution < 1.29 is 23.9 Å². The molecule has 0 atom stereocenters. The second-order valence-corrected chi connectivity index (χ2v) is 11.2. The van der Waals surface area contributed by atoms with Crippen molar-refractivity contribution in [1.82, 2.24) is 0 Å². The van der Waals surface area contributed by atoms with Crippen molar-refractivity contribution >= 4 is 13.4 Å². The van der Waals surface area contributed by atoms with Crippen LogP contribution in [-0.4, -0.2) is 27.8 Å². The Hall–Kier alpha value is -1.16. The average Bonchev–Trinajstić information content (AvgIpc) is 2.41. The number of carbonyl (C=O) groups excluding carboxylic acids is 1. The first-order chi connectivity index (χ1) is 10.9. The minimum absolute atomic E-state index is 0.295. The Bertz CT molecular complexity index is 679. The zero-order valence-electron chi connectivity index (χ0n) is 16.7. The summed E-state index contributed by atoms with van der Waals surface area (Å²) >= 11 is 0. The molecule has 2 N–H and O–H groups in total. The number of hydrogen-bond acceptors (Lipinski definition) is 3. The van der Waals surface area contributed by atoms with Crippen LogP contribution in [0.25, 0.3) is 0 Å². The first-order valence-corrected chi connectivity index (χ1v) is 9.89. The number of Topliss-reactive ketones (excluding diaryl/α,β-unsaturated/α-hetero) is 1. The van der Waals surface area contributed by atoms with Crippen molar-refractivity contribution in [1.29, 1.82) is 0 Å². The number of ether oxygens (including phenoxy) is 1. The monoisotopic (exact) mass is 370 g/mol. The summed E-state index contributed by atoms with van der Waals surface area (Å²) in [6, 6.07) is 3.40. The molecule has 0 aromatic heterocycles. The third-order valence-corrected chi connectivity index (χ3v) is 6.11. The number of benzene rings is 1. The van der Waals surface area contributed by atoms with E-state index in [0.29, 0.717) is 11.3 Å². The fourth-order valence-electron chi connectivity index (χ4n) is 2.58. The standard InChI is InChI=1S/C19H31O5P/c1-17(2,3)13-10-12(16(20)19(7,8)25(21,22)23)11-14(15(13)24-9)18(4,5)6/h10-11H,1-9H3,(H2,21,22,23). The van der Waals surface area contributed by atoms with Crippen molar-refractivity contribution in [2.75, 3.05) is 7.11 Å². The van der Waals surface area contributed by atoms with Crippen molar-refractivity contribution in [2.45, 2.75) is 71.4 Å². The summed E-state index contributed by atoms with van der Waals surface area (Å²) in [5.41, 5.74) is 1.38. The molecule has 5 nitrogen and oxygen atoms in total. The summed E-state index contributed by atoms with van der Waals surface area (Å²) in [6.07, 6.45) is 0. The minimum Gasteiger partial charge on any atom is -0.496 e. The Morgan fingerprint density at radius 2 is 1.28 bits per heavy atom. The van der Waals surface area contributed by atoms with Crippen LogP contribution in [0.15, 0.2) is 12.1 Å². The normalized spacial score (nSPS) is 13.7. The molecule has 142 valence electrons. The molecule has 0 amide bonds. The van der Waals surface area contributed by atoms with Gasteiger partial charge < -0.3 is 14.5 Å². The first-order valence-electron chi connectivity index (χ1n) is 8.28. The molecule has 6 heteroatoms. The lowest BCUT2D eigenvalue weighted by molar-refractivity contribution is 0.0939. The largest absolute Gasteiger partial charge is 0.496 e. The maximum Gasteiger partial charge on any atom is 0.338 e. The van der Waals surface area contributed by atoms with Crippen LogP contribution in [0.1, 0.15) is 76.9 Å². The van der Waals surface area contributed by atoms with E-state index < -0.39 is 18.5 Å². The fraction of sp³-hybridized carbons (Fsp3) is 0.632. The van der Waals surface area contributed by atoms with Crippen molar-refractivity contribution in [3.05, 3.63) is 28.8 Å². The molecule has 0 bridgehead atoms. The van der Waals surface area contributed by atoms with E-state index in [1.54, 1.807) is 19.2 Å². The lowest BCUT2D eigenvalue weighted by Gasteiger charge is -2.31. The molecule has 0 saturated carbocycles. The van der Waals surface area contributed by atoms with Crippen molar-refractivity contribution in [3.63, 3.8) is 0 Å². The molecule has 0 aliphatic carbocycles. The lowest BCUT2D eigenvalue weighted by atomic mass is 9.77. The number of rotatable bonds is 4. The summed E-state index contributed by atoms with van der Waals surface area (Å²) in [6.45, 7) is 14.7. The molecular formula is C19H31O5P. The van der Waals surface area contributed by atoms with Gasteiger partial charge in [0.1, 0.15) is 10.9 Å². The summed E-state index contributed by atoms with van der Waals surface area (Å²) < 4.78 is 17.5. The topological polar surface area (TPSA) is 83.8 Å². The van der Waals surface area contributed by atoms with E-state index in [0.717, 1.165) is 11.1 Å². The molecule has 1 aromatic rings. The number of ketones is 1. The van der Waals surface area contributed by atoms with Gasteiger partial charge in [-0.05, 0) is 36.8 Å². The van der Waals surface area contributed by atoms with Gasteiger partial charge in [-0.25, -0.2) is 0 Å². The highest BCUT2D eigenvalue weighted by Gasteiger charge is 2.45. The highest BCUT2D eigenvalue weighted by atomic mass is 31.2. The van der Waals surface area contributed by atoms with Gasteiger partial charge in [0.2, 0.25) is 0 Å². The number of methoxy groups -OCH3 is 1. The average molecular weight is 370 g/mol. The van der Waals surface area contributed by atoms with Gasteiger partial charge in [-0.3, -0.25) is 9.36 Å². The Labute approximate surface area is 151 Å². The van der Waals surface area contributed by atoms with E-state index in [2.05, 4.69) is 0 Å². The minimum atomic E-state index is -4.60. The Morgan fingerprint density at radius 3 is 1.52 bits per heavy atom. The van der Waals surface area contributed by atoms with Crippen LogP contribution in [0.2, 0.25) is 0 Å². The van der Waals surface area contributed by atoms with E-state index in [4.69, 9.17) is 4.74 Å². The van der Waals surface area contributed by atoms with Crippen molar-refractivity contribution in [3.8, 4) is 5.75 Å². The van der Waals surface area contributed by atoms with E-state index in [1.165, 1.54) is 13.8 Å². The summed E-state index contributed by atoms with van der Waals surface area (Å²) in [7, 11) is -3.00. The lowest BCUT2D eigenvalue weighted by Crippen LogP contribution is -2.32. The smallest absolute Gasteiger partial charge is 0.338 e. The maximum atomic E-state index is 12.9. The molecule has 0 unspecified atom stereocenters. The molecular weight excluding hydrogens is 339 g/mol. The van der Waals surface area contributed by atoms with Crippen LogP contribution in [-0.2, 0) is 15.4 Å². The van der Waals surface area contributed by atoms with Gasteiger partial charge in [-0.2, -0.15) is 0 Å². The Balaban J connectivity index is 3.81. The van der Waals surface area contributed by atoms with Gasteiger partial charge in [-0.15, -0.1) is 0 Å². The van der Waals surface area contributed by atoms with Crippen LogP contribution in [0.4, 0.5) is 0 Å². The van der Waals surface area contributed by atoms with Gasteiger partial charge in [0, 0.05) is 16.7 Å². The second kappa shape index (κ2) is 6.53. The maximum absolute atomic E-state index is 12.9. The van der Waals surface area contributed by atoms with E-state index >= 15 is 0 Å². The van der Waals surface area contributed by atoms with Crippen LogP contribution in [0.3, 0.4) is 0 Å². The predicted octanol–water partition coefficient (Wildman–Crippen LogP) is 4.43. The van der Waals surface area contributed by atoms with Crippen LogP contribution < -0.4 is 4.74 Å². The van der Waals surface area contributed by atoms with Crippen molar-refractivity contribution in [2.24, 2.45) is 0 Å². The highest BCUT2D eigenvalue weighted by molar-refractivity contribution is 7.54. The quantitative estimate of drug-likeness (QED) is 0.605. The number of hydrogen-bond donors (Lipinski definition) is 2. The van der Waals surface area contributed by atoms with E-state index in [-0.39, 0.29) is 10.8 Å². The summed E-state index contributed by atoms with van der Waals surface area (Å²) in [5.74, 6) is 0.144. The molecule has 0 fully saturated rings. The van der Waals surface area contributed by atoms with Gasteiger partial charge in [0.05, 0.1) is 7.11 Å². The second-order valence-electron chi connectivity index (χ2n) is 9.04. The molecule has 0 aliphatic heterocycles. The van der Waals surface area contributed by atoms with E-state index in [1.807, 2.05) is 41.5 Å².